The fraction of sp³-hybridized carbons (Fsp3) is 0.0667. The Morgan fingerprint density at radius 2 is 2.15 bits per heavy atom. The first kappa shape index (κ1) is 12.6. The standard InChI is InChI=1S/C15H12N2O2S/c1-10-6-7-11(19-10)8-9-14(18)17-15-16-12-4-2-3-5-13(12)20-15/h2-9H,1H3,(H,16,17,18). The highest BCUT2D eigenvalue weighted by atomic mass is 32.1. The molecule has 2 aromatic heterocycles. The average Bonchev–Trinajstić information content (AvgIpc) is 3.01. The molecule has 0 aliphatic rings. The molecule has 0 fully saturated rings. The van der Waals surface area contributed by atoms with Gasteiger partial charge in [-0.25, -0.2) is 4.98 Å². The van der Waals surface area contributed by atoms with E-state index in [1.807, 2.05) is 43.3 Å². The quantitative estimate of drug-likeness (QED) is 0.743. The molecule has 1 N–H and O–H groups in total. The fourth-order valence-electron chi connectivity index (χ4n) is 1.77. The molecule has 0 unspecified atom stereocenters. The van der Waals surface area contributed by atoms with Crippen LogP contribution in [0.2, 0.25) is 0 Å². The highest BCUT2D eigenvalue weighted by Gasteiger charge is 2.05. The summed E-state index contributed by atoms with van der Waals surface area (Å²) in [5, 5.41) is 3.34. The summed E-state index contributed by atoms with van der Waals surface area (Å²) in [5.74, 6) is 1.25. The Bertz CT molecular complexity index is 753. The largest absolute Gasteiger partial charge is 0.462 e. The molecule has 2 heterocycles. The molecule has 3 aromatic rings. The summed E-state index contributed by atoms with van der Waals surface area (Å²) in [7, 11) is 0. The van der Waals surface area contributed by atoms with E-state index in [1.54, 1.807) is 6.08 Å². The second-order valence-electron chi connectivity index (χ2n) is 4.26. The van der Waals surface area contributed by atoms with E-state index in [-0.39, 0.29) is 5.91 Å². The number of nitrogens with zero attached hydrogens (tertiary/aromatic N) is 1. The number of carbonyl (C=O) groups excluding carboxylic acids is 1. The number of aryl methyl sites for hydroxylation is 1. The maximum absolute atomic E-state index is 11.8. The number of thiazole rings is 1. The van der Waals surface area contributed by atoms with Gasteiger partial charge in [0.2, 0.25) is 5.91 Å². The van der Waals surface area contributed by atoms with Crippen molar-refractivity contribution in [2.75, 3.05) is 5.32 Å². The molecular formula is C15H12N2O2S. The Labute approximate surface area is 119 Å². The molecule has 0 atom stereocenters. The Balaban J connectivity index is 1.70. The summed E-state index contributed by atoms with van der Waals surface area (Å²) >= 11 is 1.45. The van der Waals surface area contributed by atoms with Crippen LogP contribution in [-0.2, 0) is 4.79 Å². The number of hydrogen-bond donors (Lipinski definition) is 1. The number of anilines is 1. The molecular weight excluding hydrogens is 272 g/mol. The molecule has 0 saturated carbocycles. The van der Waals surface area contributed by atoms with Gasteiger partial charge in [0.05, 0.1) is 10.2 Å². The lowest BCUT2D eigenvalue weighted by Gasteiger charge is -1.94. The molecule has 0 aliphatic heterocycles. The number of amides is 1. The van der Waals surface area contributed by atoms with E-state index in [0.29, 0.717) is 10.9 Å². The topological polar surface area (TPSA) is 55.1 Å². The van der Waals surface area contributed by atoms with Gasteiger partial charge in [-0.15, -0.1) is 0 Å². The molecule has 3 rings (SSSR count). The van der Waals surface area contributed by atoms with Crippen molar-refractivity contribution in [3.05, 3.63) is 54.0 Å². The van der Waals surface area contributed by atoms with Crippen LogP contribution in [0.1, 0.15) is 11.5 Å². The maximum atomic E-state index is 11.8. The Hall–Kier alpha value is -2.40. The predicted octanol–water partition coefficient (Wildman–Crippen LogP) is 3.85. The highest BCUT2D eigenvalue weighted by molar-refractivity contribution is 7.22. The van der Waals surface area contributed by atoms with Crippen LogP contribution >= 0.6 is 11.3 Å². The van der Waals surface area contributed by atoms with Gasteiger partial charge < -0.3 is 4.42 Å². The van der Waals surface area contributed by atoms with Crippen LogP contribution < -0.4 is 5.32 Å². The molecule has 5 heteroatoms. The van der Waals surface area contributed by atoms with E-state index in [9.17, 15) is 4.79 Å². The Morgan fingerprint density at radius 1 is 1.30 bits per heavy atom. The number of nitrogens with one attached hydrogen (secondary N) is 1. The van der Waals surface area contributed by atoms with Crippen LogP contribution in [0.25, 0.3) is 16.3 Å². The van der Waals surface area contributed by atoms with Crippen LogP contribution in [-0.4, -0.2) is 10.9 Å². The number of carbonyl (C=O) groups is 1. The number of fused-ring (bicyclic) bond motifs is 1. The lowest BCUT2D eigenvalue weighted by molar-refractivity contribution is -0.111. The van der Waals surface area contributed by atoms with Gasteiger partial charge in [0.25, 0.3) is 0 Å². The number of rotatable bonds is 3. The van der Waals surface area contributed by atoms with Gasteiger partial charge in [0, 0.05) is 6.08 Å². The first-order valence-corrected chi connectivity index (χ1v) is 6.93. The maximum Gasteiger partial charge on any atom is 0.250 e. The molecule has 0 aliphatic carbocycles. The van der Waals surface area contributed by atoms with E-state index in [2.05, 4.69) is 10.3 Å². The summed E-state index contributed by atoms with van der Waals surface area (Å²) in [6.45, 7) is 1.86. The third-order valence-corrected chi connectivity index (χ3v) is 3.64. The zero-order valence-electron chi connectivity index (χ0n) is 10.8. The second kappa shape index (κ2) is 5.30. The highest BCUT2D eigenvalue weighted by Crippen LogP contribution is 2.25. The van der Waals surface area contributed by atoms with E-state index in [4.69, 9.17) is 4.42 Å². The smallest absolute Gasteiger partial charge is 0.250 e. The minimum atomic E-state index is -0.224. The number of hydrogen-bond acceptors (Lipinski definition) is 4. The summed E-state index contributed by atoms with van der Waals surface area (Å²) in [6, 6.07) is 11.4. The molecule has 4 nitrogen and oxygen atoms in total. The van der Waals surface area contributed by atoms with Gasteiger partial charge in [-0.3, -0.25) is 10.1 Å². The van der Waals surface area contributed by atoms with Gasteiger partial charge in [-0.05, 0) is 37.3 Å². The molecule has 1 amide bonds. The third-order valence-electron chi connectivity index (χ3n) is 2.68. The lowest BCUT2D eigenvalue weighted by Crippen LogP contribution is -2.07. The molecule has 0 saturated heterocycles. The summed E-state index contributed by atoms with van der Waals surface area (Å²) < 4.78 is 6.40. The normalized spacial score (nSPS) is 11.2. The molecule has 100 valence electrons. The van der Waals surface area contributed by atoms with Gasteiger partial charge in [0.15, 0.2) is 5.13 Å². The lowest BCUT2D eigenvalue weighted by atomic mass is 10.3. The number of furan rings is 1. The number of aromatic nitrogens is 1. The third kappa shape index (κ3) is 2.78. The van der Waals surface area contributed by atoms with Gasteiger partial charge >= 0.3 is 0 Å². The minimum absolute atomic E-state index is 0.224. The van der Waals surface area contributed by atoms with Gasteiger partial charge in [-0.2, -0.15) is 0 Å². The zero-order valence-corrected chi connectivity index (χ0v) is 11.6. The van der Waals surface area contributed by atoms with E-state index >= 15 is 0 Å². The summed E-state index contributed by atoms with van der Waals surface area (Å²) in [5.41, 5.74) is 0.887. The van der Waals surface area contributed by atoms with Crippen molar-refractivity contribution >= 4 is 38.7 Å². The number of para-hydroxylation sites is 1. The first-order valence-electron chi connectivity index (χ1n) is 6.12. The summed E-state index contributed by atoms with van der Waals surface area (Å²) in [4.78, 5) is 16.1. The van der Waals surface area contributed by atoms with Crippen LogP contribution in [0.4, 0.5) is 5.13 Å². The van der Waals surface area contributed by atoms with Crippen molar-refractivity contribution in [3.63, 3.8) is 0 Å². The van der Waals surface area contributed by atoms with E-state index in [0.717, 1.165) is 16.0 Å². The molecule has 0 spiro atoms. The van der Waals surface area contributed by atoms with E-state index in [1.165, 1.54) is 17.4 Å². The summed E-state index contributed by atoms with van der Waals surface area (Å²) in [6.07, 6.45) is 3.07. The minimum Gasteiger partial charge on any atom is -0.462 e. The Morgan fingerprint density at radius 3 is 2.90 bits per heavy atom. The Kier molecular flexibility index (Phi) is 3.35. The van der Waals surface area contributed by atoms with Crippen molar-refractivity contribution in [1.29, 1.82) is 0 Å². The van der Waals surface area contributed by atoms with Crippen LogP contribution in [0.15, 0.2) is 46.9 Å². The van der Waals surface area contributed by atoms with Crippen LogP contribution in [0.3, 0.4) is 0 Å². The zero-order chi connectivity index (χ0) is 13.9. The van der Waals surface area contributed by atoms with Crippen molar-refractivity contribution in [1.82, 2.24) is 4.98 Å². The predicted molar refractivity (Wildman–Crippen MR) is 80.7 cm³/mol. The SMILES string of the molecule is Cc1ccc(C=CC(=O)Nc2nc3ccccc3s2)o1. The van der Waals surface area contributed by atoms with Crippen molar-refractivity contribution in [2.45, 2.75) is 6.92 Å². The van der Waals surface area contributed by atoms with Crippen molar-refractivity contribution in [3.8, 4) is 0 Å². The first-order chi connectivity index (χ1) is 9.70. The number of benzene rings is 1. The van der Waals surface area contributed by atoms with Gasteiger partial charge in [-0.1, -0.05) is 23.5 Å². The molecule has 0 bridgehead atoms. The molecule has 0 radical (unpaired) electrons. The average molecular weight is 284 g/mol. The van der Waals surface area contributed by atoms with Crippen LogP contribution in [0.5, 0.6) is 0 Å². The fourth-order valence-corrected chi connectivity index (χ4v) is 2.64. The van der Waals surface area contributed by atoms with Crippen molar-refractivity contribution < 1.29 is 9.21 Å². The molecule has 20 heavy (non-hydrogen) atoms. The van der Waals surface area contributed by atoms with E-state index < -0.39 is 0 Å². The van der Waals surface area contributed by atoms with Crippen LogP contribution in [0, 0.1) is 6.92 Å². The van der Waals surface area contributed by atoms with Crippen molar-refractivity contribution in [2.24, 2.45) is 0 Å². The monoisotopic (exact) mass is 284 g/mol. The molecule has 1 aromatic carbocycles. The van der Waals surface area contributed by atoms with Gasteiger partial charge in [0.1, 0.15) is 11.5 Å². The second-order valence-corrected chi connectivity index (χ2v) is 5.29.